The summed E-state index contributed by atoms with van der Waals surface area (Å²) in [5.41, 5.74) is 3.94. The van der Waals surface area contributed by atoms with Gasteiger partial charge in [-0.05, 0) is 41.7 Å². The van der Waals surface area contributed by atoms with Crippen LogP contribution in [0, 0.1) is 0 Å². The molecule has 1 saturated carbocycles. The molecular weight excluding hydrogens is 383 g/mol. The highest BCUT2D eigenvalue weighted by atomic mass is 35.5. The first-order valence-corrected chi connectivity index (χ1v) is 9.08. The summed E-state index contributed by atoms with van der Waals surface area (Å²) in [6, 6.07) is 5.53. The van der Waals surface area contributed by atoms with Crippen molar-refractivity contribution in [2.45, 2.75) is 36.6 Å². The Bertz CT molecular complexity index is 838. The molecule has 0 spiro atoms. The summed E-state index contributed by atoms with van der Waals surface area (Å²) in [6.45, 7) is 0. The number of amides is 1. The van der Waals surface area contributed by atoms with E-state index in [-0.39, 0.29) is 16.3 Å². The zero-order valence-corrected chi connectivity index (χ0v) is 15.4. The van der Waals surface area contributed by atoms with Crippen LogP contribution < -0.4 is 10.7 Å². The second-order valence-electron chi connectivity index (χ2n) is 6.87. The average molecular weight is 400 g/mol. The molecule has 1 heterocycles. The quantitative estimate of drug-likeness (QED) is 0.797. The number of carbonyl (C=O) groups is 1. The van der Waals surface area contributed by atoms with E-state index in [2.05, 4.69) is 10.7 Å². The number of carbonyl (C=O) groups excluding carboxylic acids is 1. The summed E-state index contributed by atoms with van der Waals surface area (Å²) < 4.78 is 27.6. The number of nitrogens with zero attached hydrogens (tertiary/aromatic N) is 1. The Kier molecular flexibility index (Phi) is 4.25. The van der Waals surface area contributed by atoms with Crippen LogP contribution in [0.15, 0.2) is 40.5 Å². The lowest BCUT2D eigenvalue weighted by molar-refractivity contribution is -0.127. The van der Waals surface area contributed by atoms with Gasteiger partial charge in [-0.1, -0.05) is 35.3 Å². The van der Waals surface area contributed by atoms with Crippen molar-refractivity contribution in [2.24, 2.45) is 0 Å². The molecule has 0 radical (unpaired) electrons. The Hall–Kier alpha value is -1.63. The molecule has 2 bridgehead atoms. The third kappa shape index (κ3) is 2.47. The Morgan fingerprint density at radius 2 is 2.08 bits per heavy atom. The second-order valence-corrected chi connectivity index (χ2v) is 7.82. The van der Waals surface area contributed by atoms with Crippen molar-refractivity contribution >= 4 is 34.8 Å². The summed E-state index contributed by atoms with van der Waals surface area (Å²) in [5, 5.41) is 4.05. The highest BCUT2D eigenvalue weighted by Crippen LogP contribution is 2.60. The van der Waals surface area contributed by atoms with Crippen molar-refractivity contribution in [3.63, 3.8) is 0 Å². The molecule has 3 unspecified atom stereocenters. The minimum Gasteiger partial charge on any atom is -0.324 e. The maximum absolute atomic E-state index is 13.7. The van der Waals surface area contributed by atoms with Crippen LogP contribution in [0.2, 0.25) is 0 Å². The number of alkyl halides is 2. The summed E-state index contributed by atoms with van der Waals surface area (Å²) in [5.74, 6) is -0.642. The van der Waals surface area contributed by atoms with Crippen LogP contribution in [0.4, 0.5) is 14.5 Å². The molecule has 4 nitrogen and oxygen atoms in total. The first-order chi connectivity index (χ1) is 12.3. The number of hydrogen-bond donors (Lipinski definition) is 2. The van der Waals surface area contributed by atoms with Gasteiger partial charge in [0, 0.05) is 30.8 Å². The number of nitrogens with one attached hydrogen (secondary N) is 2. The monoisotopic (exact) mass is 399 g/mol. The van der Waals surface area contributed by atoms with Crippen molar-refractivity contribution in [3.05, 3.63) is 51.7 Å². The number of benzene rings is 1. The first kappa shape index (κ1) is 17.8. The SMILES string of the molecule is CN1C=CC(C(=O)Nc2cccc3c2C2CCC3C2=C(Cl)Cl)(C(F)F)N1. The summed E-state index contributed by atoms with van der Waals surface area (Å²) in [6.07, 6.45) is 1.53. The van der Waals surface area contributed by atoms with Gasteiger partial charge in [0.1, 0.15) is 4.49 Å². The third-order valence-electron chi connectivity index (χ3n) is 5.47. The number of rotatable bonds is 3. The van der Waals surface area contributed by atoms with Crippen LogP contribution >= 0.6 is 23.2 Å². The maximum Gasteiger partial charge on any atom is 0.270 e. The molecule has 138 valence electrons. The van der Waals surface area contributed by atoms with E-state index in [0.717, 1.165) is 29.5 Å². The Balaban J connectivity index is 1.69. The van der Waals surface area contributed by atoms with Gasteiger partial charge in [0.25, 0.3) is 12.3 Å². The smallest absolute Gasteiger partial charge is 0.270 e. The van der Waals surface area contributed by atoms with E-state index in [4.69, 9.17) is 23.2 Å². The van der Waals surface area contributed by atoms with Gasteiger partial charge in [0.2, 0.25) is 0 Å². The van der Waals surface area contributed by atoms with E-state index in [9.17, 15) is 13.6 Å². The zero-order chi connectivity index (χ0) is 18.6. The molecule has 1 amide bonds. The van der Waals surface area contributed by atoms with Crippen LogP contribution in [-0.4, -0.2) is 29.9 Å². The van der Waals surface area contributed by atoms with Crippen molar-refractivity contribution in [3.8, 4) is 0 Å². The lowest BCUT2D eigenvalue weighted by Gasteiger charge is -2.28. The van der Waals surface area contributed by atoms with Crippen molar-refractivity contribution in [1.82, 2.24) is 10.4 Å². The van der Waals surface area contributed by atoms with Crippen LogP contribution in [0.1, 0.15) is 35.8 Å². The molecule has 2 N–H and O–H groups in total. The number of anilines is 1. The molecule has 2 aliphatic carbocycles. The summed E-state index contributed by atoms with van der Waals surface area (Å²) >= 11 is 12.2. The minimum absolute atomic E-state index is 0.0220. The van der Waals surface area contributed by atoms with Crippen LogP contribution in [0.5, 0.6) is 0 Å². The third-order valence-corrected chi connectivity index (χ3v) is 5.90. The van der Waals surface area contributed by atoms with E-state index >= 15 is 0 Å². The lowest BCUT2D eigenvalue weighted by atomic mass is 9.90. The van der Waals surface area contributed by atoms with Gasteiger partial charge in [-0.25, -0.2) is 14.2 Å². The lowest BCUT2D eigenvalue weighted by Crippen LogP contribution is -2.58. The highest BCUT2D eigenvalue weighted by molar-refractivity contribution is 6.56. The van der Waals surface area contributed by atoms with E-state index in [0.29, 0.717) is 5.69 Å². The fourth-order valence-corrected chi connectivity index (χ4v) is 4.85. The molecule has 4 rings (SSSR count). The van der Waals surface area contributed by atoms with Crippen molar-refractivity contribution in [2.75, 3.05) is 12.4 Å². The zero-order valence-electron chi connectivity index (χ0n) is 13.9. The van der Waals surface area contributed by atoms with E-state index in [1.165, 1.54) is 17.3 Å². The topological polar surface area (TPSA) is 44.4 Å². The molecule has 3 atom stereocenters. The Morgan fingerprint density at radius 3 is 2.69 bits per heavy atom. The van der Waals surface area contributed by atoms with Gasteiger partial charge in [0.15, 0.2) is 5.54 Å². The molecular formula is C18H17Cl2F2N3O. The summed E-state index contributed by atoms with van der Waals surface area (Å²) in [7, 11) is 1.56. The molecule has 0 saturated heterocycles. The van der Waals surface area contributed by atoms with E-state index < -0.39 is 17.9 Å². The summed E-state index contributed by atoms with van der Waals surface area (Å²) in [4.78, 5) is 12.7. The molecule has 1 aromatic rings. The van der Waals surface area contributed by atoms with Crippen LogP contribution in [0.25, 0.3) is 0 Å². The number of allylic oxidation sites excluding steroid dienone is 1. The van der Waals surface area contributed by atoms with E-state index in [1.807, 2.05) is 12.1 Å². The van der Waals surface area contributed by atoms with Crippen molar-refractivity contribution < 1.29 is 13.6 Å². The molecule has 1 fully saturated rings. The van der Waals surface area contributed by atoms with Gasteiger partial charge in [-0.15, -0.1) is 0 Å². The number of hydrogen-bond acceptors (Lipinski definition) is 3. The van der Waals surface area contributed by atoms with Gasteiger partial charge in [0.05, 0.1) is 0 Å². The van der Waals surface area contributed by atoms with Gasteiger partial charge < -0.3 is 10.3 Å². The van der Waals surface area contributed by atoms with Gasteiger partial charge in [-0.3, -0.25) is 4.79 Å². The van der Waals surface area contributed by atoms with E-state index in [1.54, 1.807) is 13.1 Å². The molecule has 3 aliphatic rings. The largest absolute Gasteiger partial charge is 0.324 e. The predicted octanol–water partition coefficient (Wildman–Crippen LogP) is 4.26. The molecule has 8 heteroatoms. The molecule has 0 aromatic heterocycles. The van der Waals surface area contributed by atoms with Gasteiger partial charge >= 0.3 is 0 Å². The standard InChI is InChI=1S/C18H17Cl2F2N3O/c1-25-8-7-18(24-25,16(21)22)17(26)23-12-4-2-3-9-10-5-6-11(13(9)12)14(10)15(19)20/h2-4,7-8,10-11,16,24H,5-6H2,1H3,(H,23,26). The highest BCUT2D eigenvalue weighted by Gasteiger charge is 2.50. The predicted molar refractivity (Wildman–Crippen MR) is 97.3 cm³/mol. The number of fused-ring (bicyclic) bond motifs is 5. The van der Waals surface area contributed by atoms with Crippen molar-refractivity contribution in [1.29, 1.82) is 0 Å². The fraction of sp³-hybridized carbons (Fsp3) is 0.389. The Labute approximate surface area is 159 Å². The average Bonchev–Trinajstić information content (AvgIpc) is 3.27. The van der Waals surface area contributed by atoms with Gasteiger partial charge in [-0.2, -0.15) is 0 Å². The second kappa shape index (κ2) is 6.22. The minimum atomic E-state index is -2.90. The van der Waals surface area contributed by atoms with Crippen LogP contribution in [-0.2, 0) is 4.79 Å². The Morgan fingerprint density at radius 1 is 1.35 bits per heavy atom. The molecule has 1 aliphatic heterocycles. The molecule has 1 aromatic carbocycles. The maximum atomic E-state index is 13.7. The molecule has 26 heavy (non-hydrogen) atoms. The normalized spacial score (nSPS) is 28.8. The first-order valence-electron chi connectivity index (χ1n) is 8.32. The van der Waals surface area contributed by atoms with Crippen LogP contribution in [0.3, 0.4) is 0 Å². The number of halogens is 4. The number of hydrazine groups is 1. The fourth-order valence-electron chi connectivity index (χ4n) is 4.33.